The monoisotopic (exact) mass is 187 g/mol. The predicted molar refractivity (Wildman–Crippen MR) is 43.7 cm³/mol. The van der Waals surface area contributed by atoms with E-state index in [4.69, 9.17) is 5.26 Å². The van der Waals surface area contributed by atoms with Crippen molar-refractivity contribution in [3.8, 4) is 6.07 Å². The van der Waals surface area contributed by atoms with Gasteiger partial charge in [0.2, 0.25) is 0 Å². The van der Waals surface area contributed by atoms with Crippen molar-refractivity contribution in [2.45, 2.75) is 13.1 Å². The van der Waals surface area contributed by atoms with Gasteiger partial charge in [-0.2, -0.15) is 18.4 Å². The molecule has 1 nitrogen and oxygen atoms in total. The highest BCUT2D eigenvalue weighted by Gasteiger charge is 2.35. The third-order valence-electron chi connectivity index (χ3n) is 1.29. The van der Waals surface area contributed by atoms with E-state index >= 15 is 0 Å². The lowest BCUT2D eigenvalue weighted by molar-refractivity contribution is -0.0890. The van der Waals surface area contributed by atoms with Crippen LogP contribution in [0.4, 0.5) is 13.2 Å². The van der Waals surface area contributed by atoms with Crippen molar-refractivity contribution < 1.29 is 13.2 Å². The Morgan fingerprint density at radius 3 is 2.23 bits per heavy atom. The van der Waals surface area contributed by atoms with Crippen LogP contribution >= 0.6 is 0 Å². The van der Waals surface area contributed by atoms with Gasteiger partial charge in [-0.1, -0.05) is 18.7 Å². The van der Waals surface area contributed by atoms with Crippen LogP contribution in [0.5, 0.6) is 0 Å². The molecule has 0 unspecified atom stereocenters. The SMILES string of the molecule is C=C/C=C(C#N)\C(=C/C)C(F)(F)F. The van der Waals surface area contributed by atoms with E-state index in [9.17, 15) is 13.2 Å². The Kier molecular flexibility index (Phi) is 3.99. The van der Waals surface area contributed by atoms with Crippen molar-refractivity contribution in [1.29, 1.82) is 5.26 Å². The molecular formula is C9H8F3N. The minimum atomic E-state index is -4.49. The van der Waals surface area contributed by atoms with Crippen LogP contribution in [0.1, 0.15) is 6.92 Å². The predicted octanol–water partition coefficient (Wildman–Crippen LogP) is 3.13. The molecule has 70 valence electrons. The molecule has 0 spiro atoms. The Morgan fingerprint density at radius 1 is 1.46 bits per heavy atom. The molecule has 0 aliphatic heterocycles. The fraction of sp³-hybridized carbons (Fsp3) is 0.222. The summed E-state index contributed by atoms with van der Waals surface area (Å²) in [6.07, 6.45) is -1.45. The van der Waals surface area contributed by atoms with E-state index in [0.717, 1.165) is 18.2 Å². The molecule has 0 N–H and O–H groups in total. The second-order valence-electron chi connectivity index (χ2n) is 2.13. The van der Waals surface area contributed by atoms with Crippen LogP contribution in [0.2, 0.25) is 0 Å². The molecule has 4 heteroatoms. The normalized spacial score (nSPS) is 13.8. The second-order valence-corrected chi connectivity index (χ2v) is 2.13. The van der Waals surface area contributed by atoms with Crippen LogP contribution in [0.25, 0.3) is 0 Å². The van der Waals surface area contributed by atoms with Crippen molar-refractivity contribution in [1.82, 2.24) is 0 Å². The van der Waals surface area contributed by atoms with Crippen LogP contribution in [0.3, 0.4) is 0 Å². The van der Waals surface area contributed by atoms with Gasteiger partial charge in [-0.15, -0.1) is 0 Å². The van der Waals surface area contributed by atoms with Crippen molar-refractivity contribution in [2.75, 3.05) is 0 Å². The van der Waals surface area contributed by atoms with E-state index in [0.29, 0.717) is 0 Å². The number of nitrogens with zero attached hydrogens (tertiary/aromatic N) is 1. The van der Waals surface area contributed by atoms with Gasteiger partial charge in [0.1, 0.15) is 0 Å². The van der Waals surface area contributed by atoms with E-state index in [2.05, 4.69) is 6.58 Å². The van der Waals surface area contributed by atoms with Gasteiger partial charge in [-0.05, 0) is 13.0 Å². The summed E-state index contributed by atoms with van der Waals surface area (Å²) < 4.78 is 36.6. The lowest BCUT2D eigenvalue weighted by Crippen LogP contribution is -2.13. The number of hydrogen-bond donors (Lipinski definition) is 0. The molecule has 0 fully saturated rings. The van der Waals surface area contributed by atoms with Gasteiger partial charge < -0.3 is 0 Å². The largest absolute Gasteiger partial charge is 0.417 e. The Bertz CT molecular complexity index is 289. The molecule has 13 heavy (non-hydrogen) atoms. The van der Waals surface area contributed by atoms with Gasteiger partial charge in [-0.25, -0.2) is 0 Å². The molecule has 0 bridgehead atoms. The number of halogens is 3. The Morgan fingerprint density at radius 2 is 2.00 bits per heavy atom. The Hall–Kier alpha value is -1.50. The van der Waals surface area contributed by atoms with Crippen molar-refractivity contribution in [3.05, 3.63) is 36.0 Å². The summed E-state index contributed by atoms with van der Waals surface area (Å²) in [6, 6.07) is 1.46. The van der Waals surface area contributed by atoms with Crippen molar-refractivity contribution in [3.63, 3.8) is 0 Å². The zero-order valence-corrected chi connectivity index (χ0v) is 7.02. The summed E-state index contributed by atoms with van der Waals surface area (Å²) in [5.41, 5.74) is -1.36. The molecule has 0 atom stereocenters. The molecule has 0 rings (SSSR count). The zero-order valence-electron chi connectivity index (χ0n) is 7.02. The minimum absolute atomic E-state index is 0.426. The molecule has 0 heterocycles. The molecule has 0 aromatic heterocycles. The number of alkyl halides is 3. The second kappa shape index (κ2) is 4.51. The van der Waals surface area contributed by atoms with Crippen LogP contribution in [0, 0.1) is 11.3 Å². The lowest BCUT2D eigenvalue weighted by Gasteiger charge is -2.08. The van der Waals surface area contributed by atoms with E-state index in [1.54, 1.807) is 0 Å². The van der Waals surface area contributed by atoms with Crippen LogP contribution in [0.15, 0.2) is 36.0 Å². The first-order valence-corrected chi connectivity index (χ1v) is 3.44. The van der Waals surface area contributed by atoms with E-state index < -0.39 is 17.3 Å². The molecule has 0 aliphatic rings. The minimum Gasteiger partial charge on any atom is -0.192 e. The number of rotatable bonds is 2. The first-order valence-electron chi connectivity index (χ1n) is 3.44. The molecule has 0 radical (unpaired) electrons. The van der Waals surface area contributed by atoms with Gasteiger partial charge in [-0.3, -0.25) is 0 Å². The fourth-order valence-electron chi connectivity index (χ4n) is 0.777. The molecule has 0 saturated heterocycles. The van der Waals surface area contributed by atoms with E-state index in [1.807, 2.05) is 0 Å². The van der Waals surface area contributed by atoms with E-state index in [-0.39, 0.29) is 0 Å². The summed E-state index contributed by atoms with van der Waals surface area (Å²) in [7, 11) is 0. The van der Waals surface area contributed by atoms with Crippen molar-refractivity contribution in [2.24, 2.45) is 0 Å². The van der Waals surface area contributed by atoms with Gasteiger partial charge in [0.25, 0.3) is 0 Å². The highest BCUT2D eigenvalue weighted by atomic mass is 19.4. The third kappa shape index (κ3) is 3.16. The van der Waals surface area contributed by atoms with Gasteiger partial charge in [0, 0.05) is 0 Å². The van der Waals surface area contributed by atoms with Crippen LogP contribution in [-0.4, -0.2) is 6.18 Å². The average molecular weight is 187 g/mol. The Labute approximate surface area is 74.5 Å². The zero-order chi connectivity index (χ0) is 10.5. The molecular weight excluding hydrogens is 179 g/mol. The highest BCUT2D eigenvalue weighted by Crippen LogP contribution is 2.30. The van der Waals surface area contributed by atoms with Gasteiger partial charge in [0.15, 0.2) is 0 Å². The first-order chi connectivity index (χ1) is 5.97. The first kappa shape index (κ1) is 11.5. The molecule has 0 aliphatic carbocycles. The Balaban J connectivity index is 5.14. The molecule has 0 amide bonds. The summed E-state index contributed by atoms with van der Waals surface area (Å²) in [6.45, 7) is 4.46. The topological polar surface area (TPSA) is 23.8 Å². The van der Waals surface area contributed by atoms with E-state index in [1.165, 1.54) is 13.0 Å². The van der Waals surface area contributed by atoms with Crippen molar-refractivity contribution >= 4 is 0 Å². The summed E-state index contributed by atoms with van der Waals surface area (Å²) in [5, 5.41) is 8.42. The lowest BCUT2D eigenvalue weighted by atomic mass is 10.1. The number of allylic oxidation sites excluding steroid dienone is 5. The standard InChI is InChI=1S/C9H8F3N/c1-3-5-7(6-13)8(4-2)9(10,11)12/h3-5H,1H2,2H3/b7-5-,8-4+. The van der Waals surface area contributed by atoms with Gasteiger partial charge in [0.05, 0.1) is 17.2 Å². The van der Waals surface area contributed by atoms with Crippen LogP contribution < -0.4 is 0 Å². The summed E-state index contributed by atoms with van der Waals surface area (Å²) in [4.78, 5) is 0. The smallest absolute Gasteiger partial charge is 0.192 e. The number of hydrogen-bond acceptors (Lipinski definition) is 1. The number of nitriles is 1. The maximum Gasteiger partial charge on any atom is 0.417 e. The molecule has 0 aromatic carbocycles. The van der Waals surface area contributed by atoms with Crippen LogP contribution in [-0.2, 0) is 0 Å². The maximum atomic E-state index is 12.2. The third-order valence-corrected chi connectivity index (χ3v) is 1.29. The highest BCUT2D eigenvalue weighted by molar-refractivity contribution is 5.45. The molecule has 0 saturated carbocycles. The fourth-order valence-corrected chi connectivity index (χ4v) is 0.777. The van der Waals surface area contributed by atoms with Gasteiger partial charge >= 0.3 is 6.18 Å². The summed E-state index contributed by atoms with van der Waals surface area (Å²) in [5.74, 6) is 0. The molecule has 0 aromatic rings. The average Bonchev–Trinajstić information content (AvgIpc) is 2.01. The quantitative estimate of drug-likeness (QED) is 0.481. The maximum absolute atomic E-state index is 12.2. The summed E-state index contributed by atoms with van der Waals surface area (Å²) >= 11 is 0.